The van der Waals surface area contributed by atoms with E-state index in [4.69, 9.17) is 5.73 Å². The van der Waals surface area contributed by atoms with Crippen LogP contribution >= 0.6 is 11.8 Å². The minimum Gasteiger partial charge on any atom is -0.323 e. The summed E-state index contributed by atoms with van der Waals surface area (Å²) in [5, 5.41) is 0.361. The van der Waals surface area contributed by atoms with Gasteiger partial charge in [0.25, 0.3) is 0 Å². The minimum atomic E-state index is -1.46. The maximum atomic E-state index is 13.3. The second-order valence-corrected chi connectivity index (χ2v) is 5.36. The Morgan fingerprint density at radius 3 is 2.38 bits per heavy atom. The van der Waals surface area contributed by atoms with Crippen LogP contribution < -0.4 is 5.73 Å². The fraction of sp³-hybridized carbons (Fsp3) is 0.455. The third-order valence-electron chi connectivity index (χ3n) is 2.07. The van der Waals surface area contributed by atoms with E-state index in [2.05, 4.69) is 0 Å². The number of hydrogen-bond acceptors (Lipinski definition) is 2. The van der Waals surface area contributed by atoms with Gasteiger partial charge in [-0.15, -0.1) is 0 Å². The summed E-state index contributed by atoms with van der Waals surface area (Å²) in [4.78, 5) is 0. The highest BCUT2D eigenvalue weighted by atomic mass is 32.2. The van der Waals surface area contributed by atoms with Gasteiger partial charge in [0.15, 0.2) is 17.5 Å². The lowest BCUT2D eigenvalue weighted by atomic mass is 10.1. The molecule has 0 radical (unpaired) electrons. The smallest absolute Gasteiger partial charge is 0.194 e. The molecule has 1 aromatic carbocycles. The maximum Gasteiger partial charge on any atom is 0.194 e. The summed E-state index contributed by atoms with van der Waals surface area (Å²) in [5.74, 6) is -3.36. The van der Waals surface area contributed by atoms with E-state index in [9.17, 15) is 13.2 Å². The van der Waals surface area contributed by atoms with E-state index in [1.54, 1.807) is 11.8 Å². The molecule has 0 aliphatic rings. The zero-order valence-corrected chi connectivity index (χ0v) is 9.95. The van der Waals surface area contributed by atoms with Crippen LogP contribution in [-0.4, -0.2) is 11.0 Å². The van der Waals surface area contributed by atoms with Gasteiger partial charge in [-0.1, -0.05) is 19.9 Å². The molecule has 1 aromatic rings. The normalized spacial score (nSPS) is 13.2. The minimum absolute atomic E-state index is 0.0204. The van der Waals surface area contributed by atoms with Gasteiger partial charge in [0.2, 0.25) is 0 Å². The number of hydrogen-bond donors (Lipinski definition) is 1. The largest absolute Gasteiger partial charge is 0.323 e. The molecule has 5 heteroatoms. The Labute approximate surface area is 97.2 Å². The van der Waals surface area contributed by atoms with E-state index >= 15 is 0 Å². The molecule has 0 aliphatic heterocycles. The molecule has 0 aromatic heterocycles. The van der Waals surface area contributed by atoms with E-state index in [0.29, 0.717) is 11.0 Å². The van der Waals surface area contributed by atoms with Crippen molar-refractivity contribution in [3.63, 3.8) is 0 Å². The number of halogens is 3. The molecule has 0 bridgehead atoms. The highest BCUT2D eigenvalue weighted by Crippen LogP contribution is 2.24. The Kier molecular flexibility index (Phi) is 4.68. The predicted molar refractivity (Wildman–Crippen MR) is 60.8 cm³/mol. The lowest BCUT2D eigenvalue weighted by Crippen LogP contribution is -2.17. The van der Waals surface area contributed by atoms with Gasteiger partial charge in [0, 0.05) is 17.4 Å². The van der Waals surface area contributed by atoms with Gasteiger partial charge in [-0.3, -0.25) is 0 Å². The molecular weight excluding hydrogens is 235 g/mol. The average Bonchev–Trinajstić information content (AvgIpc) is 2.23. The second-order valence-electron chi connectivity index (χ2n) is 3.75. The Bertz CT molecular complexity index is 368. The van der Waals surface area contributed by atoms with Gasteiger partial charge in [-0.25, -0.2) is 13.2 Å². The third kappa shape index (κ3) is 3.15. The van der Waals surface area contributed by atoms with Crippen LogP contribution in [0.15, 0.2) is 12.1 Å². The standard InChI is InChI=1S/C11H14F3NS/c1-6(2)16-5-9(15)7-3-4-8(12)11(14)10(7)13/h3-4,6,9H,5,15H2,1-2H3. The zero-order chi connectivity index (χ0) is 12.3. The fourth-order valence-corrected chi connectivity index (χ4v) is 1.98. The number of thioether (sulfide) groups is 1. The first-order chi connectivity index (χ1) is 7.43. The van der Waals surface area contributed by atoms with Crippen molar-refractivity contribution in [3.8, 4) is 0 Å². The summed E-state index contributed by atoms with van der Waals surface area (Å²) in [5.41, 5.74) is 5.73. The molecule has 1 unspecified atom stereocenters. The lowest BCUT2D eigenvalue weighted by molar-refractivity contribution is 0.437. The molecule has 1 atom stereocenters. The van der Waals surface area contributed by atoms with Crippen molar-refractivity contribution >= 4 is 11.8 Å². The summed E-state index contributed by atoms with van der Waals surface area (Å²) in [6.07, 6.45) is 0. The van der Waals surface area contributed by atoms with Crippen LogP contribution in [0.1, 0.15) is 25.5 Å². The van der Waals surface area contributed by atoms with Crippen LogP contribution in [-0.2, 0) is 0 Å². The zero-order valence-electron chi connectivity index (χ0n) is 9.14. The van der Waals surface area contributed by atoms with Crippen LogP contribution in [0.4, 0.5) is 13.2 Å². The molecule has 90 valence electrons. The van der Waals surface area contributed by atoms with Gasteiger partial charge < -0.3 is 5.73 Å². The van der Waals surface area contributed by atoms with Gasteiger partial charge in [-0.2, -0.15) is 11.8 Å². The van der Waals surface area contributed by atoms with Crippen LogP contribution in [0.3, 0.4) is 0 Å². The van der Waals surface area contributed by atoms with Crippen LogP contribution in [0.25, 0.3) is 0 Å². The Morgan fingerprint density at radius 2 is 1.81 bits per heavy atom. The Balaban J connectivity index is 2.84. The van der Waals surface area contributed by atoms with Gasteiger partial charge in [0.1, 0.15) is 0 Å². The monoisotopic (exact) mass is 249 g/mol. The molecule has 0 aliphatic carbocycles. The topological polar surface area (TPSA) is 26.0 Å². The van der Waals surface area contributed by atoms with Crippen molar-refractivity contribution in [1.82, 2.24) is 0 Å². The summed E-state index contributed by atoms with van der Waals surface area (Å²) >= 11 is 1.55. The van der Waals surface area contributed by atoms with E-state index < -0.39 is 23.5 Å². The van der Waals surface area contributed by atoms with Crippen LogP contribution in [0.5, 0.6) is 0 Å². The first-order valence-corrected chi connectivity index (χ1v) is 5.99. The third-order valence-corrected chi connectivity index (χ3v) is 3.29. The molecular formula is C11H14F3NS. The fourth-order valence-electron chi connectivity index (χ4n) is 1.21. The average molecular weight is 249 g/mol. The van der Waals surface area contributed by atoms with Crippen molar-refractivity contribution < 1.29 is 13.2 Å². The van der Waals surface area contributed by atoms with Gasteiger partial charge in [0.05, 0.1) is 0 Å². The highest BCUT2D eigenvalue weighted by Gasteiger charge is 2.18. The lowest BCUT2D eigenvalue weighted by Gasteiger charge is -2.14. The maximum absolute atomic E-state index is 13.3. The molecule has 0 saturated carbocycles. The summed E-state index contributed by atoms with van der Waals surface area (Å²) in [6.45, 7) is 3.97. The first kappa shape index (κ1) is 13.4. The van der Waals surface area contributed by atoms with Crippen LogP contribution in [0, 0.1) is 17.5 Å². The Hall–Kier alpha value is -0.680. The Morgan fingerprint density at radius 1 is 1.19 bits per heavy atom. The quantitative estimate of drug-likeness (QED) is 0.829. The summed E-state index contributed by atoms with van der Waals surface area (Å²) < 4.78 is 38.9. The molecule has 0 saturated heterocycles. The van der Waals surface area contributed by atoms with E-state index in [1.807, 2.05) is 13.8 Å². The van der Waals surface area contributed by atoms with Crippen molar-refractivity contribution in [3.05, 3.63) is 35.1 Å². The second kappa shape index (κ2) is 5.59. The molecule has 0 amide bonds. The van der Waals surface area contributed by atoms with Crippen molar-refractivity contribution in [1.29, 1.82) is 0 Å². The molecule has 1 rings (SSSR count). The number of rotatable bonds is 4. The number of nitrogens with two attached hydrogens (primary N) is 1. The molecule has 16 heavy (non-hydrogen) atoms. The predicted octanol–water partition coefficient (Wildman–Crippen LogP) is 3.25. The molecule has 0 heterocycles. The van der Waals surface area contributed by atoms with Crippen molar-refractivity contribution in [2.75, 3.05) is 5.75 Å². The summed E-state index contributed by atoms with van der Waals surface area (Å²) in [6, 6.07) is 1.47. The van der Waals surface area contributed by atoms with E-state index in [-0.39, 0.29) is 5.56 Å². The van der Waals surface area contributed by atoms with Crippen LogP contribution in [0.2, 0.25) is 0 Å². The van der Waals surface area contributed by atoms with Crippen molar-refractivity contribution in [2.45, 2.75) is 25.1 Å². The molecule has 0 fully saturated rings. The molecule has 2 N–H and O–H groups in total. The molecule has 0 spiro atoms. The van der Waals surface area contributed by atoms with E-state index in [0.717, 1.165) is 6.07 Å². The highest BCUT2D eigenvalue weighted by molar-refractivity contribution is 7.99. The first-order valence-electron chi connectivity index (χ1n) is 4.94. The van der Waals surface area contributed by atoms with Crippen molar-refractivity contribution in [2.24, 2.45) is 5.73 Å². The SMILES string of the molecule is CC(C)SCC(N)c1ccc(F)c(F)c1F. The van der Waals surface area contributed by atoms with Gasteiger partial charge in [-0.05, 0) is 11.3 Å². The summed E-state index contributed by atoms with van der Waals surface area (Å²) in [7, 11) is 0. The van der Waals surface area contributed by atoms with E-state index in [1.165, 1.54) is 6.07 Å². The van der Waals surface area contributed by atoms with Gasteiger partial charge >= 0.3 is 0 Å². The number of benzene rings is 1. The molecule has 1 nitrogen and oxygen atoms in total.